The summed E-state index contributed by atoms with van der Waals surface area (Å²) >= 11 is 0. The molecular formula is C23H30N4O3. The highest BCUT2D eigenvalue weighted by atomic mass is 16.5. The van der Waals surface area contributed by atoms with E-state index in [0.29, 0.717) is 29.6 Å². The number of para-hydroxylation sites is 1. The smallest absolute Gasteiger partial charge is 0.228 e. The highest BCUT2D eigenvalue weighted by Gasteiger charge is 2.55. The van der Waals surface area contributed by atoms with Crippen molar-refractivity contribution in [2.45, 2.75) is 25.7 Å². The summed E-state index contributed by atoms with van der Waals surface area (Å²) in [7, 11) is 4.16. The Labute approximate surface area is 177 Å². The monoisotopic (exact) mass is 410 g/mol. The summed E-state index contributed by atoms with van der Waals surface area (Å²) in [5, 5.41) is 5.04. The minimum Gasteiger partial charge on any atom is -0.356 e. The Kier molecular flexibility index (Phi) is 4.81. The second kappa shape index (κ2) is 7.38. The molecule has 3 aliphatic rings. The molecule has 3 fully saturated rings. The Hall–Kier alpha value is -2.41. The van der Waals surface area contributed by atoms with Crippen LogP contribution in [-0.2, 0) is 16.0 Å². The maximum atomic E-state index is 13.1. The van der Waals surface area contributed by atoms with E-state index in [1.165, 1.54) is 6.42 Å². The molecule has 2 saturated heterocycles. The molecule has 160 valence electrons. The van der Waals surface area contributed by atoms with Crippen LogP contribution < -0.4 is 0 Å². The molecule has 1 aromatic carbocycles. The van der Waals surface area contributed by atoms with Crippen molar-refractivity contribution in [2.75, 3.05) is 46.8 Å². The van der Waals surface area contributed by atoms with E-state index in [1.807, 2.05) is 29.2 Å². The fraction of sp³-hybridized carbons (Fsp3) is 0.609. The Morgan fingerprint density at radius 1 is 1.17 bits per heavy atom. The molecule has 7 nitrogen and oxygen atoms in total. The molecule has 1 saturated carbocycles. The number of benzene rings is 1. The maximum absolute atomic E-state index is 13.1. The van der Waals surface area contributed by atoms with Crippen LogP contribution in [0.4, 0.5) is 0 Å². The van der Waals surface area contributed by atoms with Crippen molar-refractivity contribution in [3.8, 4) is 0 Å². The van der Waals surface area contributed by atoms with Gasteiger partial charge in [-0.2, -0.15) is 0 Å². The van der Waals surface area contributed by atoms with Crippen LogP contribution in [0.25, 0.3) is 11.0 Å². The van der Waals surface area contributed by atoms with Gasteiger partial charge in [0.15, 0.2) is 5.58 Å². The van der Waals surface area contributed by atoms with Crippen molar-refractivity contribution in [1.82, 2.24) is 19.9 Å². The minimum absolute atomic E-state index is 0.0372. The van der Waals surface area contributed by atoms with Crippen molar-refractivity contribution >= 4 is 22.8 Å². The fourth-order valence-electron chi connectivity index (χ4n) is 5.63. The molecule has 30 heavy (non-hydrogen) atoms. The molecule has 2 aliphatic heterocycles. The van der Waals surface area contributed by atoms with Crippen molar-refractivity contribution in [3.63, 3.8) is 0 Å². The van der Waals surface area contributed by atoms with Gasteiger partial charge in [0.1, 0.15) is 5.69 Å². The van der Waals surface area contributed by atoms with E-state index in [-0.39, 0.29) is 23.7 Å². The number of aromatic nitrogens is 1. The van der Waals surface area contributed by atoms with Gasteiger partial charge in [0.2, 0.25) is 11.8 Å². The van der Waals surface area contributed by atoms with Crippen LogP contribution in [0.3, 0.4) is 0 Å². The topological polar surface area (TPSA) is 69.9 Å². The largest absolute Gasteiger partial charge is 0.356 e. The summed E-state index contributed by atoms with van der Waals surface area (Å²) in [4.78, 5) is 32.3. The lowest BCUT2D eigenvalue weighted by Crippen LogP contribution is -2.45. The molecular weight excluding hydrogens is 380 g/mol. The summed E-state index contributed by atoms with van der Waals surface area (Å²) < 4.78 is 5.37. The van der Waals surface area contributed by atoms with E-state index in [0.717, 1.165) is 44.4 Å². The van der Waals surface area contributed by atoms with Crippen LogP contribution in [0.5, 0.6) is 0 Å². The predicted molar refractivity (Wildman–Crippen MR) is 113 cm³/mol. The van der Waals surface area contributed by atoms with Crippen molar-refractivity contribution in [1.29, 1.82) is 0 Å². The molecule has 0 N–H and O–H groups in total. The first kappa shape index (κ1) is 19.5. The molecule has 0 radical (unpaired) electrons. The minimum atomic E-state index is -0.0372. The van der Waals surface area contributed by atoms with E-state index >= 15 is 0 Å². The zero-order valence-electron chi connectivity index (χ0n) is 17.8. The van der Waals surface area contributed by atoms with E-state index in [1.54, 1.807) is 0 Å². The normalized spacial score (nSPS) is 26.4. The van der Waals surface area contributed by atoms with Crippen LogP contribution in [0, 0.1) is 17.3 Å². The number of hydrogen-bond acceptors (Lipinski definition) is 5. The van der Waals surface area contributed by atoms with Gasteiger partial charge in [-0.05, 0) is 39.1 Å². The molecule has 3 heterocycles. The number of amides is 2. The molecule has 0 unspecified atom stereocenters. The lowest BCUT2D eigenvalue weighted by Gasteiger charge is -2.34. The van der Waals surface area contributed by atoms with Gasteiger partial charge in [-0.15, -0.1) is 0 Å². The van der Waals surface area contributed by atoms with E-state index in [2.05, 4.69) is 29.1 Å². The molecule has 5 rings (SSSR count). The summed E-state index contributed by atoms with van der Waals surface area (Å²) in [5.74, 6) is 1.000. The Morgan fingerprint density at radius 3 is 2.63 bits per heavy atom. The molecule has 1 aliphatic carbocycles. The number of likely N-dealkylation sites (tertiary alicyclic amines) is 2. The third-order valence-electron chi connectivity index (χ3n) is 7.28. The standard InChI is InChI=1S/C23H30N4O3/c1-25(2)13-23-14-26(11-17(23)12-27(15-23)22(29)16-6-5-7-16)21(28)10-19-18-8-3-4-9-20(18)30-24-19/h3-4,8-9,16-17H,5-7,10-15H2,1-2H3/t17-,23+/m0/s1. The second-order valence-electron chi connectivity index (χ2n) is 9.72. The molecule has 1 aromatic heterocycles. The number of carbonyl (C=O) groups is 2. The Balaban J connectivity index is 1.30. The second-order valence-corrected chi connectivity index (χ2v) is 9.72. The number of rotatable bonds is 5. The van der Waals surface area contributed by atoms with E-state index < -0.39 is 0 Å². The molecule has 7 heteroatoms. The summed E-state index contributed by atoms with van der Waals surface area (Å²) in [6.45, 7) is 3.86. The van der Waals surface area contributed by atoms with Crippen LogP contribution in [0.15, 0.2) is 28.8 Å². The van der Waals surface area contributed by atoms with Crippen LogP contribution in [0.1, 0.15) is 25.0 Å². The van der Waals surface area contributed by atoms with Crippen molar-refractivity contribution < 1.29 is 14.1 Å². The summed E-state index contributed by atoms with van der Waals surface area (Å²) in [6, 6.07) is 7.66. The zero-order chi connectivity index (χ0) is 20.9. The highest BCUT2D eigenvalue weighted by Crippen LogP contribution is 2.44. The summed E-state index contributed by atoms with van der Waals surface area (Å²) in [6.07, 6.45) is 3.51. The van der Waals surface area contributed by atoms with Crippen LogP contribution >= 0.6 is 0 Å². The fourth-order valence-corrected chi connectivity index (χ4v) is 5.63. The predicted octanol–water partition coefficient (Wildman–Crippen LogP) is 2.02. The van der Waals surface area contributed by atoms with Crippen molar-refractivity contribution in [3.05, 3.63) is 30.0 Å². The van der Waals surface area contributed by atoms with Gasteiger partial charge in [0.25, 0.3) is 0 Å². The zero-order valence-corrected chi connectivity index (χ0v) is 17.8. The number of nitrogens with zero attached hydrogens (tertiary/aromatic N) is 4. The van der Waals surface area contributed by atoms with Gasteiger partial charge in [-0.1, -0.05) is 23.7 Å². The van der Waals surface area contributed by atoms with Crippen LogP contribution in [0.2, 0.25) is 0 Å². The van der Waals surface area contributed by atoms with Gasteiger partial charge in [0.05, 0.1) is 6.42 Å². The molecule has 0 spiro atoms. The van der Waals surface area contributed by atoms with E-state index in [9.17, 15) is 9.59 Å². The first-order valence-corrected chi connectivity index (χ1v) is 11.0. The number of fused-ring (bicyclic) bond motifs is 2. The van der Waals surface area contributed by atoms with E-state index in [4.69, 9.17) is 4.52 Å². The SMILES string of the molecule is CN(C)C[C@]12CN(C(=O)Cc3noc4ccccc34)C[C@H]1CN(C(=O)C1CCC1)C2. The quantitative estimate of drug-likeness (QED) is 0.754. The average Bonchev–Trinajstić information content (AvgIpc) is 3.30. The molecule has 2 aromatic rings. The third kappa shape index (κ3) is 3.29. The first-order valence-electron chi connectivity index (χ1n) is 11.0. The number of hydrogen-bond donors (Lipinski definition) is 0. The van der Waals surface area contributed by atoms with Gasteiger partial charge in [-0.25, -0.2) is 0 Å². The van der Waals surface area contributed by atoms with Gasteiger partial charge in [-0.3, -0.25) is 9.59 Å². The highest BCUT2D eigenvalue weighted by molar-refractivity contribution is 5.86. The first-order chi connectivity index (χ1) is 14.4. The lowest BCUT2D eigenvalue weighted by atomic mass is 9.80. The Morgan fingerprint density at radius 2 is 1.90 bits per heavy atom. The van der Waals surface area contributed by atoms with Crippen LogP contribution in [-0.4, -0.2) is 78.5 Å². The van der Waals surface area contributed by atoms with Gasteiger partial charge in [0, 0.05) is 55.4 Å². The summed E-state index contributed by atoms with van der Waals surface area (Å²) in [5.41, 5.74) is 1.38. The third-order valence-corrected chi connectivity index (χ3v) is 7.28. The molecule has 2 amide bonds. The average molecular weight is 411 g/mol. The lowest BCUT2D eigenvalue weighted by molar-refractivity contribution is -0.137. The molecule has 0 bridgehead atoms. The van der Waals surface area contributed by atoms with Gasteiger partial charge < -0.3 is 19.2 Å². The Bertz CT molecular complexity index is 966. The van der Waals surface area contributed by atoms with Crippen molar-refractivity contribution in [2.24, 2.45) is 17.3 Å². The number of carbonyl (C=O) groups excluding carboxylic acids is 2. The maximum Gasteiger partial charge on any atom is 0.228 e. The molecule has 2 atom stereocenters. The van der Waals surface area contributed by atoms with Gasteiger partial charge >= 0.3 is 0 Å².